The highest BCUT2D eigenvalue weighted by Gasteiger charge is 2.29. The zero-order valence-electron chi connectivity index (χ0n) is 14.7. The SMILES string of the molecule is Cc1ccc(C(=O)N2CCCC(c3nccn3CC3CC3)C2)cc1O. The van der Waals surface area contributed by atoms with Crippen molar-refractivity contribution in [1.29, 1.82) is 0 Å². The smallest absolute Gasteiger partial charge is 0.254 e. The molecule has 1 atom stereocenters. The van der Waals surface area contributed by atoms with Crippen molar-refractivity contribution in [3.63, 3.8) is 0 Å². The lowest BCUT2D eigenvalue weighted by atomic mass is 9.96. The third-order valence-electron chi connectivity index (χ3n) is 5.43. The summed E-state index contributed by atoms with van der Waals surface area (Å²) in [6.07, 6.45) is 8.67. The minimum Gasteiger partial charge on any atom is -0.508 e. The van der Waals surface area contributed by atoms with E-state index < -0.39 is 0 Å². The van der Waals surface area contributed by atoms with Crippen molar-refractivity contribution >= 4 is 5.91 Å². The maximum Gasteiger partial charge on any atom is 0.254 e. The second-order valence-electron chi connectivity index (χ2n) is 7.47. The molecular formula is C20H25N3O2. The van der Waals surface area contributed by atoms with Crippen LogP contribution in [0.15, 0.2) is 30.6 Å². The lowest BCUT2D eigenvalue weighted by Crippen LogP contribution is -2.39. The van der Waals surface area contributed by atoms with Gasteiger partial charge in [-0.3, -0.25) is 4.79 Å². The molecule has 1 amide bonds. The molecule has 5 nitrogen and oxygen atoms in total. The van der Waals surface area contributed by atoms with Gasteiger partial charge in [0, 0.05) is 43.5 Å². The molecule has 2 aromatic rings. The Morgan fingerprint density at radius 3 is 2.92 bits per heavy atom. The number of phenolic OH excluding ortho intramolecular Hbond substituents is 1. The molecule has 1 saturated carbocycles. The topological polar surface area (TPSA) is 58.4 Å². The van der Waals surface area contributed by atoms with Gasteiger partial charge in [0.2, 0.25) is 0 Å². The van der Waals surface area contributed by atoms with Crippen LogP contribution >= 0.6 is 0 Å². The second kappa shape index (κ2) is 6.54. The Balaban J connectivity index is 1.49. The molecule has 0 spiro atoms. The standard InChI is InChI=1S/C20H25N3O2/c1-14-4-7-16(11-18(14)24)20(25)23-9-2-3-17(13-23)19-21-8-10-22(19)12-15-5-6-15/h4,7-8,10-11,15,17,24H,2-3,5-6,9,12-13H2,1H3. The second-order valence-corrected chi connectivity index (χ2v) is 7.47. The molecule has 5 heteroatoms. The van der Waals surface area contributed by atoms with Gasteiger partial charge >= 0.3 is 0 Å². The fourth-order valence-corrected chi connectivity index (χ4v) is 3.71. The number of aromatic nitrogens is 2. The summed E-state index contributed by atoms with van der Waals surface area (Å²) < 4.78 is 2.29. The molecule has 1 unspecified atom stereocenters. The number of imidazole rings is 1. The number of aromatic hydroxyl groups is 1. The van der Waals surface area contributed by atoms with Crippen molar-refractivity contribution < 1.29 is 9.90 Å². The fraction of sp³-hybridized carbons (Fsp3) is 0.500. The summed E-state index contributed by atoms with van der Waals surface area (Å²) in [7, 11) is 0. The first-order chi connectivity index (χ1) is 12.1. The van der Waals surface area contributed by atoms with Gasteiger partial charge in [-0.25, -0.2) is 4.98 Å². The van der Waals surface area contributed by atoms with E-state index in [1.54, 1.807) is 18.2 Å². The molecule has 1 N–H and O–H groups in total. The van der Waals surface area contributed by atoms with E-state index in [0.29, 0.717) is 18.0 Å². The molecule has 1 aromatic heterocycles. The summed E-state index contributed by atoms with van der Waals surface area (Å²) in [6, 6.07) is 5.18. The van der Waals surface area contributed by atoms with E-state index in [2.05, 4.69) is 15.7 Å². The molecule has 1 aliphatic carbocycles. The summed E-state index contributed by atoms with van der Waals surface area (Å²) in [5.41, 5.74) is 1.35. The lowest BCUT2D eigenvalue weighted by molar-refractivity contribution is 0.0702. The van der Waals surface area contributed by atoms with Gasteiger partial charge in [0.05, 0.1) is 0 Å². The Kier molecular flexibility index (Phi) is 4.24. The summed E-state index contributed by atoms with van der Waals surface area (Å²) in [5.74, 6) is 2.41. The van der Waals surface area contributed by atoms with Crippen LogP contribution in [-0.2, 0) is 6.54 Å². The number of rotatable bonds is 4. The predicted octanol–water partition coefficient (Wildman–Crippen LogP) is 3.33. The number of benzene rings is 1. The van der Waals surface area contributed by atoms with Gasteiger partial charge in [0.25, 0.3) is 5.91 Å². The number of carbonyl (C=O) groups excluding carboxylic acids is 1. The molecule has 25 heavy (non-hydrogen) atoms. The first-order valence-corrected chi connectivity index (χ1v) is 9.21. The van der Waals surface area contributed by atoms with E-state index in [4.69, 9.17) is 0 Å². The Labute approximate surface area is 148 Å². The molecule has 0 radical (unpaired) electrons. The quantitative estimate of drug-likeness (QED) is 0.929. The largest absolute Gasteiger partial charge is 0.508 e. The van der Waals surface area contributed by atoms with Crippen molar-refractivity contribution in [3.05, 3.63) is 47.5 Å². The van der Waals surface area contributed by atoms with Crippen molar-refractivity contribution in [2.45, 2.75) is 45.1 Å². The normalized spacial score (nSPS) is 20.7. The van der Waals surface area contributed by atoms with Crippen LogP contribution in [0.2, 0.25) is 0 Å². The first kappa shape index (κ1) is 16.2. The predicted molar refractivity (Wildman–Crippen MR) is 95.7 cm³/mol. The van der Waals surface area contributed by atoms with Crippen LogP contribution in [0, 0.1) is 12.8 Å². The van der Waals surface area contributed by atoms with Crippen molar-refractivity contribution in [2.24, 2.45) is 5.92 Å². The lowest BCUT2D eigenvalue weighted by Gasteiger charge is -2.33. The molecule has 1 aliphatic heterocycles. The highest BCUT2D eigenvalue weighted by molar-refractivity contribution is 5.94. The first-order valence-electron chi connectivity index (χ1n) is 9.21. The van der Waals surface area contributed by atoms with Crippen LogP contribution in [0.25, 0.3) is 0 Å². The van der Waals surface area contributed by atoms with Gasteiger partial charge in [-0.1, -0.05) is 6.07 Å². The fourth-order valence-electron chi connectivity index (χ4n) is 3.71. The van der Waals surface area contributed by atoms with Gasteiger partial charge in [0.1, 0.15) is 11.6 Å². The highest BCUT2D eigenvalue weighted by atomic mass is 16.3. The number of piperidine rings is 1. The van der Waals surface area contributed by atoms with Gasteiger partial charge in [-0.2, -0.15) is 0 Å². The maximum absolute atomic E-state index is 12.8. The van der Waals surface area contributed by atoms with Gasteiger partial charge in [0.15, 0.2) is 0 Å². The number of hydrogen-bond donors (Lipinski definition) is 1. The number of aryl methyl sites for hydroxylation is 1. The van der Waals surface area contributed by atoms with Crippen molar-refractivity contribution in [3.8, 4) is 5.75 Å². The zero-order chi connectivity index (χ0) is 17.4. The van der Waals surface area contributed by atoms with E-state index in [-0.39, 0.29) is 11.7 Å². The molecule has 1 aromatic carbocycles. The summed E-state index contributed by atoms with van der Waals surface area (Å²) in [6.45, 7) is 4.37. The molecular weight excluding hydrogens is 314 g/mol. The minimum atomic E-state index is 0.000277. The van der Waals surface area contributed by atoms with E-state index in [1.165, 1.54) is 12.8 Å². The monoisotopic (exact) mass is 339 g/mol. The molecule has 2 fully saturated rings. The number of amides is 1. The van der Waals surface area contributed by atoms with Gasteiger partial charge in [-0.05, 0) is 56.2 Å². The number of likely N-dealkylation sites (tertiary alicyclic amines) is 1. The highest BCUT2D eigenvalue weighted by Crippen LogP contribution is 2.33. The average molecular weight is 339 g/mol. The molecule has 132 valence electrons. The number of carbonyl (C=O) groups is 1. The summed E-state index contributed by atoms with van der Waals surface area (Å²) in [5, 5.41) is 9.89. The Morgan fingerprint density at radius 2 is 2.16 bits per heavy atom. The molecule has 0 bridgehead atoms. The Bertz CT molecular complexity index is 779. The summed E-state index contributed by atoms with van der Waals surface area (Å²) >= 11 is 0. The van der Waals surface area contributed by atoms with Crippen LogP contribution in [-0.4, -0.2) is 38.6 Å². The van der Waals surface area contributed by atoms with Gasteiger partial charge < -0.3 is 14.6 Å². The summed E-state index contributed by atoms with van der Waals surface area (Å²) in [4.78, 5) is 19.3. The van der Waals surface area contributed by atoms with Crippen LogP contribution in [0.1, 0.15) is 53.3 Å². The van der Waals surface area contributed by atoms with E-state index in [1.807, 2.05) is 18.0 Å². The molecule has 4 rings (SSSR count). The third kappa shape index (κ3) is 3.41. The maximum atomic E-state index is 12.8. The Hall–Kier alpha value is -2.30. The third-order valence-corrected chi connectivity index (χ3v) is 5.43. The number of phenols is 1. The molecule has 1 saturated heterocycles. The van der Waals surface area contributed by atoms with Gasteiger partial charge in [-0.15, -0.1) is 0 Å². The van der Waals surface area contributed by atoms with Crippen molar-refractivity contribution in [2.75, 3.05) is 13.1 Å². The van der Waals surface area contributed by atoms with Crippen LogP contribution in [0.5, 0.6) is 5.75 Å². The van der Waals surface area contributed by atoms with E-state index >= 15 is 0 Å². The Morgan fingerprint density at radius 1 is 1.32 bits per heavy atom. The zero-order valence-corrected chi connectivity index (χ0v) is 14.7. The van der Waals surface area contributed by atoms with Crippen LogP contribution in [0.4, 0.5) is 0 Å². The number of hydrogen-bond acceptors (Lipinski definition) is 3. The van der Waals surface area contributed by atoms with Crippen LogP contribution in [0.3, 0.4) is 0 Å². The van der Waals surface area contributed by atoms with E-state index in [9.17, 15) is 9.90 Å². The van der Waals surface area contributed by atoms with Crippen molar-refractivity contribution in [1.82, 2.24) is 14.5 Å². The molecule has 2 aliphatic rings. The average Bonchev–Trinajstić information content (AvgIpc) is 3.32. The number of nitrogens with zero attached hydrogens (tertiary/aromatic N) is 3. The molecule has 2 heterocycles. The van der Waals surface area contributed by atoms with Crippen LogP contribution < -0.4 is 0 Å². The van der Waals surface area contributed by atoms with E-state index in [0.717, 1.165) is 43.2 Å². The minimum absolute atomic E-state index is 0.000277.